The number of ether oxygens (including phenoxy) is 3. The second-order valence-electron chi connectivity index (χ2n) is 11.2. The van der Waals surface area contributed by atoms with Crippen LogP contribution in [0, 0.1) is 0 Å². The summed E-state index contributed by atoms with van der Waals surface area (Å²) in [5.41, 5.74) is 0.675. The lowest BCUT2D eigenvalue weighted by molar-refractivity contribution is -0.135. The highest BCUT2D eigenvalue weighted by Crippen LogP contribution is 2.39. The average Bonchev–Trinajstić information content (AvgIpc) is 2.99. The minimum Gasteiger partial charge on any atom is -0.466 e. The number of methoxy groups -OCH3 is 1. The molecule has 6 nitrogen and oxygen atoms in total. The van der Waals surface area contributed by atoms with E-state index < -0.39 is 28.9 Å². The molecular formula is C22H44O6Si2. The average molecular weight is 461 g/mol. The molecule has 8 heteroatoms. The first kappa shape index (κ1) is 27.5. The molecule has 0 spiro atoms. The molecule has 1 aliphatic heterocycles. The predicted octanol–water partition coefficient (Wildman–Crippen LogP) is 5.26. The number of rotatable bonds is 8. The number of carbonyl (C=O) groups is 1. The van der Waals surface area contributed by atoms with Gasteiger partial charge in [-0.15, -0.1) is 0 Å². The van der Waals surface area contributed by atoms with Crippen LogP contribution < -0.4 is 0 Å². The van der Waals surface area contributed by atoms with E-state index in [2.05, 4.69) is 67.7 Å². The topological polar surface area (TPSA) is 63.2 Å². The van der Waals surface area contributed by atoms with Crippen LogP contribution in [0.4, 0.5) is 0 Å². The fraction of sp³-hybridized carbons (Fsp3) is 0.864. The predicted molar refractivity (Wildman–Crippen MR) is 126 cm³/mol. The second kappa shape index (κ2) is 9.96. The first-order valence-electron chi connectivity index (χ1n) is 10.8. The Balaban J connectivity index is 2.96. The van der Waals surface area contributed by atoms with E-state index in [0.717, 1.165) is 0 Å². The molecule has 0 radical (unpaired) electrons. The van der Waals surface area contributed by atoms with Crippen molar-refractivity contribution < 1.29 is 27.9 Å². The van der Waals surface area contributed by atoms with Crippen molar-refractivity contribution in [3.63, 3.8) is 0 Å². The van der Waals surface area contributed by atoms with Crippen LogP contribution in [-0.4, -0.2) is 61.4 Å². The van der Waals surface area contributed by atoms with E-state index in [0.29, 0.717) is 18.8 Å². The van der Waals surface area contributed by atoms with Gasteiger partial charge < -0.3 is 23.1 Å². The third kappa shape index (κ3) is 7.27. The van der Waals surface area contributed by atoms with Gasteiger partial charge in [0.2, 0.25) is 0 Å². The summed E-state index contributed by atoms with van der Waals surface area (Å²) in [6, 6.07) is 0. The van der Waals surface area contributed by atoms with Crippen LogP contribution >= 0.6 is 0 Å². The van der Waals surface area contributed by atoms with E-state index in [-0.39, 0.29) is 22.3 Å². The highest BCUT2D eigenvalue weighted by Gasteiger charge is 2.44. The minimum atomic E-state index is -1.93. The van der Waals surface area contributed by atoms with E-state index >= 15 is 0 Å². The molecule has 176 valence electrons. The molecular weight excluding hydrogens is 416 g/mol. The van der Waals surface area contributed by atoms with Crippen molar-refractivity contribution >= 4 is 22.6 Å². The zero-order valence-corrected chi connectivity index (χ0v) is 23.2. The Hall–Kier alpha value is -0.516. The lowest BCUT2D eigenvalue weighted by Crippen LogP contribution is -2.46. The first-order chi connectivity index (χ1) is 13.4. The highest BCUT2D eigenvalue weighted by atomic mass is 28.4. The van der Waals surface area contributed by atoms with Crippen LogP contribution in [-0.2, 0) is 27.9 Å². The van der Waals surface area contributed by atoms with Gasteiger partial charge in [-0.3, -0.25) is 0 Å². The van der Waals surface area contributed by atoms with Crippen molar-refractivity contribution in [2.45, 2.75) is 103 Å². The Morgan fingerprint density at radius 1 is 0.867 bits per heavy atom. The number of carbonyl (C=O) groups excluding carboxylic acids is 1. The zero-order chi connectivity index (χ0) is 23.5. The Kier molecular flexibility index (Phi) is 9.13. The van der Waals surface area contributed by atoms with Crippen LogP contribution in [0.5, 0.6) is 0 Å². The molecule has 0 N–H and O–H groups in total. The second-order valence-corrected chi connectivity index (χ2v) is 20.9. The van der Waals surface area contributed by atoms with Gasteiger partial charge in [0, 0.05) is 6.08 Å². The smallest absolute Gasteiger partial charge is 0.330 e. The molecule has 0 saturated carbocycles. The van der Waals surface area contributed by atoms with Crippen LogP contribution in [0.1, 0.15) is 48.5 Å². The van der Waals surface area contributed by atoms with Crippen molar-refractivity contribution in [3.8, 4) is 0 Å². The summed E-state index contributed by atoms with van der Waals surface area (Å²) in [6.07, 6.45) is 0.294. The summed E-state index contributed by atoms with van der Waals surface area (Å²) in [7, 11) is -2.50. The van der Waals surface area contributed by atoms with Crippen LogP contribution in [0.15, 0.2) is 11.6 Å². The summed E-state index contributed by atoms with van der Waals surface area (Å²) in [6.45, 7) is 24.9. The number of hydrogen-bond acceptors (Lipinski definition) is 6. The molecule has 1 saturated heterocycles. The molecule has 0 aromatic rings. The normalized spacial score (nSPS) is 22.5. The largest absolute Gasteiger partial charge is 0.466 e. The first-order valence-corrected chi connectivity index (χ1v) is 16.6. The highest BCUT2D eigenvalue weighted by molar-refractivity contribution is 6.74. The van der Waals surface area contributed by atoms with Gasteiger partial charge >= 0.3 is 5.97 Å². The molecule has 1 aliphatic rings. The van der Waals surface area contributed by atoms with E-state index in [9.17, 15) is 4.79 Å². The van der Waals surface area contributed by atoms with E-state index in [1.54, 1.807) is 0 Å². The summed E-state index contributed by atoms with van der Waals surface area (Å²) in [5, 5.41) is 0.222. The molecule has 30 heavy (non-hydrogen) atoms. The molecule has 0 bridgehead atoms. The Bertz CT molecular complexity index is 578. The molecule has 0 amide bonds. The van der Waals surface area contributed by atoms with Gasteiger partial charge in [-0.2, -0.15) is 0 Å². The number of esters is 1. The van der Waals surface area contributed by atoms with Gasteiger partial charge in [0.05, 0.1) is 20.3 Å². The van der Waals surface area contributed by atoms with Crippen LogP contribution in [0.25, 0.3) is 0 Å². The number of hydrogen-bond donors (Lipinski definition) is 0. The summed E-state index contributed by atoms with van der Waals surface area (Å²) < 4.78 is 29.9. The van der Waals surface area contributed by atoms with E-state index in [4.69, 9.17) is 23.1 Å². The molecule has 0 unspecified atom stereocenters. The standard InChI is InChI=1S/C22H44O6Si2/c1-16(13-19(23)24-8)20-27-17(14-25-29(9,10)21(2,3)4)18(28-20)15-26-30(11,12)22(5,6)7/h13,17-18,20H,14-15H2,1-12H3/b16-13+/t17-,18-/m1/s1. The maximum atomic E-state index is 11.6. The zero-order valence-electron chi connectivity index (χ0n) is 21.2. The van der Waals surface area contributed by atoms with Gasteiger partial charge in [0.25, 0.3) is 0 Å². The lowest BCUT2D eigenvalue weighted by atomic mass is 10.2. The lowest BCUT2D eigenvalue weighted by Gasteiger charge is -2.38. The van der Waals surface area contributed by atoms with Gasteiger partial charge in [-0.05, 0) is 48.8 Å². The third-order valence-electron chi connectivity index (χ3n) is 6.76. The van der Waals surface area contributed by atoms with Gasteiger partial charge in [-0.25, -0.2) is 4.79 Å². The minimum absolute atomic E-state index is 0.111. The van der Waals surface area contributed by atoms with Crippen molar-refractivity contribution in [1.29, 1.82) is 0 Å². The maximum absolute atomic E-state index is 11.6. The van der Waals surface area contributed by atoms with Gasteiger partial charge in [0.15, 0.2) is 22.9 Å². The third-order valence-corrected chi connectivity index (χ3v) is 15.8. The molecule has 0 aromatic heterocycles. The van der Waals surface area contributed by atoms with Crippen LogP contribution in [0.2, 0.25) is 36.3 Å². The molecule has 1 heterocycles. The van der Waals surface area contributed by atoms with Crippen molar-refractivity contribution in [2.75, 3.05) is 20.3 Å². The molecule has 0 aromatic carbocycles. The fourth-order valence-electron chi connectivity index (χ4n) is 2.36. The van der Waals surface area contributed by atoms with Crippen LogP contribution in [0.3, 0.4) is 0 Å². The fourth-order valence-corrected chi connectivity index (χ4v) is 4.39. The van der Waals surface area contributed by atoms with Crippen molar-refractivity contribution in [3.05, 3.63) is 11.6 Å². The Labute approximate surface area is 185 Å². The van der Waals surface area contributed by atoms with Gasteiger partial charge in [0.1, 0.15) is 12.2 Å². The monoisotopic (exact) mass is 460 g/mol. The Morgan fingerprint density at radius 2 is 1.23 bits per heavy atom. The van der Waals surface area contributed by atoms with E-state index in [1.807, 2.05) is 6.92 Å². The van der Waals surface area contributed by atoms with Crippen molar-refractivity contribution in [2.24, 2.45) is 0 Å². The summed E-state index contributed by atoms with van der Waals surface area (Å²) >= 11 is 0. The Morgan fingerprint density at radius 3 is 1.53 bits per heavy atom. The molecule has 1 rings (SSSR count). The van der Waals surface area contributed by atoms with E-state index in [1.165, 1.54) is 13.2 Å². The quantitative estimate of drug-likeness (QED) is 0.280. The van der Waals surface area contributed by atoms with Gasteiger partial charge in [-0.1, -0.05) is 41.5 Å². The SMILES string of the molecule is COC(=O)/C=C(\C)C1O[C@H](CO[Si](C)(C)C(C)(C)C)[C@@H](CO[Si](C)(C)C(C)(C)C)O1. The summed E-state index contributed by atoms with van der Waals surface area (Å²) in [4.78, 5) is 11.6. The molecule has 0 aliphatic carbocycles. The molecule has 1 fully saturated rings. The molecule has 2 atom stereocenters. The maximum Gasteiger partial charge on any atom is 0.330 e. The summed E-state index contributed by atoms with van der Waals surface area (Å²) in [5.74, 6) is -0.422. The van der Waals surface area contributed by atoms with Crippen molar-refractivity contribution in [1.82, 2.24) is 0 Å².